The maximum atomic E-state index is 5.99. The number of rotatable bonds is 5. The van der Waals surface area contributed by atoms with Gasteiger partial charge in [0.1, 0.15) is 18.1 Å². The van der Waals surface area contributed by atoms with E-state index in [4.69, 9.17) is 9.26 Å². The average molecular weight is 376 g/mol. The van der Waals surface area contributed by atoms with Gasteiger partial charge in [-0.15, -0.1) is 15.3 Å². The zero-order chi connectivity index (χ0) is 19.1. The largest absolute Gasteiger partial charge is 0.470 e. The topological polar surface area (TPSA) is 109 Å². The maximum absolute atomic E-state index is 5.99. The normalized spacial score (nSPS) is 11.5. The molecular weight excluding hydrogens is 360 g/mol. The number of aryl methyl sites for hydroxylation is 2. The molecule has 10 nitrogen and oxygen atoms in total. The molecule has 0 spiro atoms. The Morgan fingerprint density at radius 3 is 2.71 bits per heavy atom. The third-order valence-corrected chi connectivity index (χ3v) is 4.31. The SMILES string of the molecule is CCn1ncc(COc2nn3c(-c4cc(C)on4)nnc3c3ccccc23)n1. The van der Waals surface area contributed by atoms with Gasteiger partial charge in [0.25, 0.3) is 0 Å². The molecule has 0 atom stereocenters. The van der Waals surface area contributed by atoms with Crippen molar-refractivity contribution in [2.24, 2.45) is 0 Å². The standard InChI is InChI=1S/C18H16N8O2/c1-3-25-19-9-12(22-25)10-27-18-14-7-5-4-6-13(14)16-20-21-17(26(16)23-18)15-8-11(2)28-24-15/h4-9H,3,10H2,1-2H3. The monoisotopic (exact) mass is 376 g/mol. The molecule has 4 aromatic heterocycles. The summed E-state index contributed by atoms with van der Waals surface area (Å²) in [5, 5.41) is 27.4. The predicted octanol–water partition coefficient (Wildman–Crippen LogP) is 2.43. The molecule has 0 unspecified atom stereocenters. The fraction of sp³-hybridized carbons (Fsp3) is 0.222. The van der Waals surface area contributed by atoms with Gasteiger partial charge in [-0.1, -0.05) is 23.4 Å². The van der Waals surface area contributed by atoms with Crippen molar-refractivity contribution in [2.45, 2.75) is 27.0 Å². The minimum Gasteiger partial charge on any atom is -0.470 e. The lowest BCUT2D eigenvalue weighted by molar-refractivity contribution is 0.287. The summed E-state index contributed by atoms with van der Waals surface area (Å²) in [7, 11) is 0. The smallest absolute Gasteiger partial charge is 0.240 e. The Labute approximate surface area is 158 Å². The molecule has 4 heterocycles. The van der Waals surface area contributed by atoms with Crippen LogP contribution in [0.3, 0.4) is 0 Å². The number of hydrogen-bond donors (Lipinski definition) is 0. The number of aromatic nitrogens is 8. The second-order valence-electron chi connectivity index (χ2n) is 6.25. The van der Waals surface area contributed by atoms with Crippen molar-refractivity contribution in [1.29, 1.82) is 0 Å². The zero-order valence-corrected chi connectivity index (χ0v) is 15.3. The molecule has 0 aliphatic heterocycles. The Morgan fingerprint density at radius 1 is 1.11 bits per heavy atom. The van der Waals surface area contributed by atoms with E-state index >= 15 is 0 Å². The van der Waals surface area contributed by atoms with Crippen LogP contribution in [0.25, 0.3) is 27.9 Å². The first kappa shape index (κ1) is 16.4. The van der Waals surface area contributed by atoms with Crippen molar-refractivity contribution in [2.75, 3.05) is 0 Å². The highest BCUT2D eigenvalue weighted by molar-refractivity contribution is 5.96. The maximum Gasteiger partial charge on any atom is 0.240 e. The molecule has 0 radical (unpaired) electrons. The summed E-state index contributed by atoms with van der Waals surface area (Å²) in [4.78, 5) is 1.61. The first-order chi connectivity index (χ1) is 13.7. The third-order valence-electron chi connectivity index (χ3n) is 4.31. The van der Waals surface area contributed by atoms with E-state index in [1.807, 2.05) is 38.1 Å². The quantitative estimate of drug-likeness (QED) is 0.460. The van der Waals surface area contributed by atoms with Crippen LogP contribution in [0.2, 0.25) is 0 Å². The van der Waals surface area contributed by atoms with Crippen molar-refractivity contribution in [3.05, 3.63) is 48.0 Å². The van der Waals surface area contributed by atoms with E-state index in [1.54, 1.807) is 21.6 Å². The summed E-state index contributed by atoms with van der Waals surface area (Å²) in [5.41, 5.74) is 1.91. The third kappa shape index (κ3) is 2.66. The lowest BCUT2D eigenvalue weighted by atomic mass is 10.2. The Balaban J connectivity index is 1.62. The van der Waals surface area contributed by atoms with Crippen molar-refractivity contribution in [3.8, 4) is 17.4 Å². The van der Waals surface area contributed by atoms with Crippen LogP contribution in [0.15, 0.2) is 41.1 Å². The average Bonchev–Trinajstić information content (AvgIpc) is 3.45. The van der Waals surface area contributed by atoms with E-state index in [-0.39, 0.29) is 6.61 Å². The Bertz CT molecular complexity index is 1290. The molecule has 0 fully saturated rings. The second kappa shape index (κ2) is 6.41. The van der Waals surface area contributed by atoms with Gasteiger partial charge in [-0.2, -0.15) is 19.5 Å². The van der Waals surface area contributed by atoms with E-state index in [0.717, 1.165) is 16.5 Å². The number of benzene rings is 1. The van der Waals surface area contributed by atoms with E-state index in [1.165, 1.54) is 0 Å². The first-order valence-corrected chi connectivity index (χ1v) is 8.82. The molecule has 5 aromatic rings. The van der Waals surface area contributed by atoms with Crippen LogP contribution in [0, 0.1) is 6.92 Å². The van der Waals surface area contributed by atoms with Gasteiger partial charge in [0.15, 0.2) is 11.3 Å². The Kier molecular flexibility index (Phi) is 3.75. The van der Waals surface area contributed by atoms with Gasteiger partial charge in [-0.3, -0.25) is 0 Å². The molecule has 28 heavy (non-hydrogen) atoms. The molecular formula is C18H16N8O2. The molecule has 5 rings (SSSR count). The van der Waals surface area contributed by atoms with Gasteiger partial charge in [-0.05, 0) is 19.9 Å². The van der Waals surface area contributed by atoms with Crippen LogP contribution in [0.4, 0.5) is 0 Å². The lowest BCUT2D eigenvalue weighted by Gasteiger charge is -2.08. The summed E-state index contributed by atoms with van der Waals surface area (Å²) in [6.07, 6.45) is 1.69. The second-order valence-corrected chi connectivity index (χ2v) is 6.25. The number of hydrogen-bond acceptors (Lipinski definition) is 8. The molecule has 1 aromatic carbocycles. The van der Waals surface area contributed by atoms with Crippen LogP contribution in [-0.2, 0) is 13.2 Å². The fourth-order valence-electron chi connectivity index (χ4n) is 2.98. The van der Waals surface area contributed by atoms with Crippen molar-refractivity contribution in [3.63, 3.8) is 0 Å². The summed E-state index contributed by atoms with van der Waals surface area (Å²) >= 11 is 0. The van der Waals surface area contributed by atoms with Crippen molar-refractivity contribution in [1.82, 2.24) is 40.0 Å². The van der Waals surface area contributed by atoms with Gasteiger partial charge in [0.2, 0.25) is 11.7 Å². The summed E-state index contributed by atoms with van der Waals surface area (Å²) in [6, 6.07) is 9.55. The molecule has 0 N–H and O–H groups in total. The van der Waals surface area contributed by atoms with E-state index in [9.17, 15) is 0 Å². The summed E-state index contributed by atoms with van der Waals surface area (Å²) in [6.45, 7) is 4.75. The molecule has 140 valence electrons. The molecule has 0 saturated carbocycles. The van der Waals surface area contributed by atoms with Gasteiger partial charge in [0, 0.05) is 16.8 Å². The highest BCUT2D eigenvalue weighted by Crippen LogP contribution is 2.29. The summed E-state index contributed by atoms with van der Waals surface area (Å²) in [5.74, 6) is 1.62. The highest BCUT2D eigenvalue weighted by atomic mass is 16.5. The van der Waals surface area contributed by atoms with E-state index in [2.05, 4.69) is 30.7 Å². The number of ether oxygens (including phenoxy) is 1. The van der Waals surface area contributed by atoms with Crippen LogP contribution in [-0.4, -0.2) is 40.0 Å². The Morgan fingerprint density at radius 2 is 1.96 bits per heavy atom. The van der Waals surface area contributed by atoms with E-state index < -0.39 is 0 Å². The van der Waals surface area contributed by atoms with Gasteiger partial charge in [-0.25, -0.2) is 0 Å². The van der Waals surface area contributed by atoms with Crippen LogP contribution < -0.4 is 4.74 Å². The van der Waals surface area contributed by atoms with Crippen LogP contribution in [0.5, 0.6) is 5.88 Å². The Hall–Kier alpha value is -3.82. The molecule has 0 saturated heterocycles. The first-order valence-electron chi connectivity index (χ1n) is 8.82. The van der Waals surface area contributed by atoms with Crippen LogP contribution in [0.1, 0.15) is 18.4 Å². The van der Waals surface area contributed by atoms with E-state index in [0.29, 0.717) is 35.4 Å². The predicted molar refractivity (Wildman–Crippen MR) is 98.5 cm³/mol. The zero-order valence-electron chi connectivity index (χ0n) is 15.3. The highest BCUT2D eigenvalue weighted by Gasteiger charge is 2.18. The molecule has 0 amide bonds. The minimum absolute atomic E-state index is 0.253. The molecule has 0 aliphatic rings. The molecule has 10 heteroatoms. The number of fused-ring (bicyclic) bond motifs is 3. The number of nitrogens with zero attached hydrogens (tertiary/aromatic N) is 8. The molecule has 0 aliphatic carbocycles. The van der Waals surface area contributed by atoms with Gasteiger partial charge >= 0.3 is 0 Å². The lowest BCUT2D eigenvalue weighted by Crippen LogP contribution is -2.05. The van der Waals surface area contributed by atoms with Gasteiger partial charge in [0.05, 0.1) is 12.7 Å². The molecule has 0 bridgehead atoms. The minimum atomic E-state index is 0.253. The van der Waals surface area contributed by atoms with Crippen LogP contribution >= 0.6 is 0 Å². The van der Waals surface area contributed by atoms with Crippen molar-refractivity contribution < 1.29 is 9.26 Å². The van der Waals surface area contributed by atoms with Crippen molar-refractivity contribution >= 4 is 16.4 Å². The van der Waals surface area contributed by atoms with Gasteiger partial charge < -0.3 is 9.26 Å². The summed E-state index contributed by atoms with van der Waals surface area (Å²) < 4.78 is 12.8. The fourth-order valence-corrected chi connectivity index (χ4v) is 2.98.